The number of nitrogens with zero attached hydrogens (tertiary/aromatic N) is 2. The fourth-order valence-electron chi connectivity index (χ4n) is 19.1. The van der Waals surface area contributed by atoms with Crippen molar-refractivity contribution in [2.24, 2.45) is 70.5 Å². The molecule has 0 bridgehead atoms. The monoisotopic (exact) mass is 811 g/mol. The summed E-state index contributed by atoms with van der Waals surface area (Å²) in [5, 5.41) is 0. The van der Waals surface area contributed by atoms with Gasteiger partial charge in [-0.3, -0.25) is 14.6 Å². The number of ether oxygens (including phenoxy) is 1. The molecule has 4 heteroatoms. The number of rotatable bonds is 5. The molecule has 3 saturated heterocycles. The standard InChI is InChI=1S/C55H90N2O2/c1-55(2,3)40-24-26-42(27-25-40)57-49-28-22-38(30-44(49)46-33-50-45(32-51(46)57)43-16-10-11-17-48(43)56(50)41-14-8-5-9-15-41)35-18-20-36(21-19-35)39-23-29-53-47(31-39)52(58)34-54(59-53)37-12-6-4-7-13-37/h35-51,53-54H,4-34H2,1-3H3. The SMILES string of the molecule is CC(C)(C)C1CCC(N2C3CCC(C4CCC(C5CCC6OC(C7CCCCC7)CC(=O)C6C5)CC4)CC3C3CC4C(CC32)C2CCCCC2N4C2CCCCC2)CC1. The molecular formula is C55H90N2O2. The number of Topliss-reactive ketones (excluding diaryl/α,β-unsaturated/α-hetero) is 1. The third kappa shape index (κ3) is 7.84. The zero-order valence-corrected chi connectivity index (χ0v) is 38.6. The van der Waals surface area contributed by atoms with Crippen molar-refractivity contribution in [2.45, 2.75) is 268 Å². The normalized spacial score (nSPS) is 49.4. The van der Waals surface area contributed by atoms with E-state index in [4.69, 9.17) is 4.74 Å². The smallest absolute Gasteiger partial charge is 0.141 e. The van der Waals surface area contributed by atoms with Crippen LogP contribution >= 0.6 is 0 Å². The molecule has 11 fully saturated rings. The highest BCUT2D eigenvalue weighted by Crippen LogP contribution is 2.61. The Morgan fingerprint density at radius 3 is 1.63 bits per heavy atom. The molecule has 13 unspecified atom stereocenters. The minimum absolute atomic E-state index is 0.219. The van der Waals surface area contributed by atoms with Crippen molar-refractivity contribution in [1.82, 2.24) is 9.80 Å². The second kappa shape index (κ2) is 17.2. The summed E-state index contributed by atoms with van der Waals surface area (Å²) in [7, 11) is 0. The van der Waals surface area contributed by atoms with E-state index < -0.39 is 0 Å². The lowest BCUT2D eigenvalue weighted by Crippen LogP contribution is -2.53. The van der Waals surface area contributed by atoms with Crippen LogP contribution in [0.1, 0.15) is 220 Å². The van der Waals surface area contributed by atoms with E-state index in [9.17, 15) is 4.79 Å². The van der Waals surface area contributed by atoms with Crippen molar-refractivity contribution in [2.75, 3.05) is 0 Å². The molecule has 0 spiro atoms. The molecule has 13 atom stereocenters. The van der Waals surface area contributed by atoms with Gasteiger partial charge >= 0.3 is 0 Å². The van der Waals surface area contributed by atoms with Crippen LogP contribution in [-0.2, 0) is 9.53 Å². The molecule has 59 heavy (non-hydrogen) atoms. The molecule has 0 radical (unpaired) electrons. The Morgan fingerprint density at radius 2 is 0.949 bits per heavy atom. The van der Waals surface area contributed by atoms with Gasteiger partial charge in [0.05, 0.1) is 12.2 Å². The summed E-state index contributed by atoms with van der Waals surface area (Å²) in [6.07, 6.45) is 44.7. The van der Waals surface area contributed by atoms with Gasteiger partial charge in [0, 0.05) is 48.6 Å². The topological polar surface area (TPSA) is 32.8 Å². The fraction of sp³-hybridized carbons (Fsp3) is 0.982. The third-order valence-corrected chi connectivity index (χ3v) is 22.0. The molecule has 332 valence electrons. The molecule has 0 N–H and O–H groups in total. The zero-order chi connectivity index (χ0) is 39.8. The second-order valence-corrected chi connectivity index (χ2v) is 25.4. The maximum absolute atomic E-state index is 13.7. The lowest BCUT2D eigenvalue weighted by Gasteiger charge is -2.48. The molecule has 0 aromatic rings. The molecule has 8 aliphatic carbocycles. The van der Waals surface area contributed by atoms with Crippen LogP contribution in [-0.4, -0.2) is 64.0 Å². The van der Waals surface area contributed by atoms with Crippen molar-refractivity contribution in [1.29, 1.82) is 0 Å². The highest BCUT2D eigenvalue weighted by molar-refractivity contribution is 5.83. The number of carbonyl (C=O) groups is 1. The van der Waals surface area contributed by atoms with Gasteiger partial charge in [0.25, 0.3) is 0 Å². The Morgan fingerprint density at radius 1 is 0.424 bits per heavy atom. The molecule has 8 saturated carbocycles. The van der Waals surface area contributed by atoms with Crippen molar-refractivity contribution in [3.63, 3.8) is 0 Å². The first kappa shape index (κ1) is 41.3. The Hall–Kier alpha value is -0.450. The summed E-state index contributed by atoms with van der Waals surface area (Å²) in [6, 6.07) is 5.40. The molecule has 0 amide bonds. The van der Waals surface area contributed by atoms with Gasteiger partial charge < -0.3 is 4.74 Å². The summed E-state index contributed by atoms with van der Waals surface area (Å²) in [6.45, 7) is 7.58. The van der Waals surface area contributed by atoms with E-state index >= 15 is 0 Å². The Kier molecular flexibility index (Phi) is 12.0. The van der Waals surface area contributed by atoms with Gasteiger partial charge in [0.1, 0.15) is 5.78 Å². The predicted octanol–water partition coefficient (Wildman–Crippen LogP) is 13.2. The van der Waals surface area contributed by atoms with Crippen LogP contribution in [0.3, 0.4) is 0 Å². The van der Waals surface area contributed by atoms with Gasteiger partial charge in [-0.25, -0.2) is 0 Å². The Balaban J connectivity index is 0.766. The van der Waals surface area contributed by atoms with Crippen LogP contribution in [0.2, 0.25) is 0 Å². The van der Waals surface area contributed by atoms with E-state index in [2.05, 4.69) is 30.6 Å². The van der Waals surface area contributed by atoms with E-state index in [1.165, 1.54) is 154 Å². The molecule has 4 nitrogen and oxygen atoms in total. The van der Waals surface area contributed by atoms with Crippen molar-refractivity contribution in [3.05, 3.63) is 0 Å². The van der Waals surface area contributed by atoms with Crippen molar-refractivity contribution >= 4 is 5.78 Å². The first-order chi connectivity index (χ1) is 28.8. The number of hydrogen-bond donors (Lipinski definition) is 0. The fourth-order valence-corrected chi connectivity index (χ4v) is 19.1. The first-order valence-electron chi connectivity index (χ1n) is 27.5. The molecule has 0 aromatic heterocycles. The number of likely N-dealkylation sites (tertiary alicyclic amines) is 2. The van der Waals surface area contributed by atoms with Gasteiger partial charge in [-0.2, -0.15) is 0 Å². The Labute approximate surface area is 362 Å². The van der Waals surface area contributed by atoms with E-state index in [0.717, 1.165) is 109 Å². The minimum atomic E-state index is 0.219. The molecule has 11 rings (SSSR count). The lowest BCUT2D eigenvalue weighted by molar-refractivity contribution is -0.162. The molecule has 11 aliphatic rings. The largest absolute Gasteiger partial charge is 0.373 e. The summed E-state index contributed by atoms with van der Waals surface area (Å²) in [5.74, 6) is 9.92. The van der Waals surface area contributed by atoms with Crippen LogP contribution < -0.4 is 0 Å². The summed E-state index contributed by atoms with van der Waals surface area (Å²) in [4.78, 5) is 20.4. The Bertz CT molecular complexity index is 1430. The van der Waals surface area contributed by atoms with Crippen LogP contribution in [0.4, 0.5) is 0 Å². The van der Waals surface area contributed by atoms with Crippen LogP contribution in [0, 0.1) is 70.5 Å². The summed E-state index contributed by atoms with van der Waals surface area (Å²) >= 11 is 0. The molecule has 0 aromatic carbocycles. The average molecular weight is 811 g/mol. The van der Waals surface area contributed by atoms with E-state index in [0.29, 0.717) is 17.1 Å². The van der Waals surface area contributed by atoms with Crippen molar-refractivity contribution in [3.8, 4) is 0 Å². The maximum Gasteiger partial charge on any atom is 0.141 e. The van der Waals surface area contributed by atoms with Crippen LogP contribution in [0.25, 0.3) is 0 Å². The summed E-state index contributed by atoms with van der Waals surface area (Å²) < 4.78 is 6.83. The van der Waals surface area contributed by atoms with E-state index in [1.54, 1.807) is 25.7 Å². The average Bonchev–Trinajstić information content (AvgIpc) is 3.77. The second-order valence-electron chi connectivity index (χ2n) is 25.4. The minimum Gasteiger partial charge on any atom is -0.373 e. The third-order valence-electron chi connectivity index (χ3n) is 22.0. The van der Waals surface area contributed by atoms with Gasteiger partial charge in [0.15, 0.2) is 0 Å². The highest BCUT2D eigenvalue weighted by Gasteiger charge is 2.62. The van der Waals surface area contributed by atoms with Crippen LogP contribution in [0.15, 0.2) is 0 Å². The van der Waals surface area contributed by atoms with E-state index in [1.807, 2.05) is 0 Å². The quantitative estimate of drug-likeness (QED) is 0.277. The summed E-state index contributed by atoms with van der Waals surface area (Å²) in [5.41, 5.74) is 0.470. The number of carbonyl (C=O) groups excluding carboxylic acids is 1. The number of fused-ring (bicyclic) bond motifs is 7. The van der Waals surface area contributed by atoms with Gasteiger partial charge in [-0.05, 0) is 206 Å². The molecule has 3 heterocycles. The van der Waals surface area contributed by atoms with Crippen LogP contribution in [0.5, 0.6) is 0 Å². The van der Waals surface area contributed by atoms with Crippen molar-refractivity contribution < 1.29 is 9.53 Å². The lowest BCUT2D eigenvalue weighted by atomic mass is 9.61. The van der Waals surface area contributed by atoms with E-state index in [-0.39, 0.29) is 18.1 Å². The molecule has 3 aliphatic heterocycles. The number of hydrogen-bond acceptors (Lipinski definition) is 4. The highest BCUT2D eigenvalue weighted by atomic mass is 16.5. The number of ketones is 1. The first-order valence-corrected chi connectivity index (χ1v) is 27.5. The maximum atomic E-state index is 13.7. The zero-order valence-electron chi connectivity index (χ0n) is 38.6. The van der Waals surface area contributed by atoms with Gasteiger partial charge in [0.2, 0.25) is 0 Å². The van der Waals surface area contributed by atoms with Gasteiger partial charge in [-0.15, -0.1) is 0 Å². The molecular weight excluding hydrogens is 721 g/mol. The predicted molar refractivity (Wildman–Crippen MR) is 241 cm³/mol. The van der Waals surface area contributed by atoms with Gasteiger partial charge in [-0.1, -0.05) is 72.1 Å².